The Hall–Kier alpha value is -1.52. The van der Waals surface area contributed by atoms with E-state index >= 15 is 0 Å². The molecule has 2 aromatic carbocycles. The quantitative estimate of drug-likeness (QED) is 0.887. The summed E-state index contributed by atoms with van der Waals surface area (Å²) in [5.41, 5.74) is 7.90. The highest BCUT2D eigenvalue weighted by Gasteiger charge is 2.08. The molecule has 0 radical (unpaired) electrons. The van der Waals surface area contributed by atoms with Crippen LogP contribution >= 0.6 is 15.9 Å². The second-order valence-electron chi connectivity index (χ2n) is 4.40. The molecule has 0 amide bonds. The van der Waals surface area contributed by atoms with Crippen molar-refractivity contribution in [2.45, 2.75) is 19.9 Å². The van der Waals surface area contributed by atoms with E-state index in [9.17, 15) is 0 Å². The van der Waals surface area contributed by atoms with Crippen LogP contribution in [0.25, 0.3) is 0 Å². The lowest BCUT2D eigenvalue weighted by Crippen LogP contribution is -1.97. The molecule has 0 unspecified atom stereocenters. The van der Waals surface area contributed by atoms with Gasteiger partial charge in [-0.2, -0.15) is 0 Å². The van der Waals surface area contributed by atoms with E-state index in [0.29, 0.717) is 12.3 Å². The molecule has 0 fully saturated rings. The van der Waals surface area contributed by atoms with Crippen molar-refractivity contribution in [2.75, 3.05) is 7.11 Å². The average molecular weight is 336 g/mol. The topological polar surface area (TPSA) is 44.5 Å². The summed E-state index contributed by atoms with van der Waals surface area (Å²) < 4.78 is 12.2. The lowest BCUT2D eigenvalue weighted by atomic mass is 10.1. The number of ether oxygens (including phenoxy) is 2. The number of aryl methyl sites for hydroxylation is 1. The molecule has 0 atom stereocenters. The molecule has 2 rings (SSSR count). The molecular weight excluding hydrogens is 318 g/mol. The smallest absolute Gasteiger partial charge is 0.169 e. The number of nitrogens with two attached hydrogens (primary N) is 1. The Bertz CT molecular complexity index is 599. The van der Waals surface area contributed by atoms with Gasteiger partial charge in [0.1, 0.15) is 5.75 Å². The minimum absolute atomic E-state index is 0.495. The van der Waals surface area contributed by atoms with Crippen molar-refractivity contribution in [3.05, 3.63) is 52.0 Å². The Kier molecular flexibility index (Phi) is 5.04. The van der Waals surface area contributed by atoms with Crippen LogP contribution in [0.5, 0.6) is 17.2 Å². The fourth-order valence-electron chi connectivity index (χ4n) is 1.90. The van der Waals surface area contributed by atoms with E-state index in [1.165, 1.54) is 5.56 Å². The van der Waals surface area contributed by atoms with Crippen LogP contribution in [0, 0.1) is 0 Å². The molecule has 106 valence electrons. The van der Waals surface area contributed by atoms with E-state index in [1.54, 1.807) is 7.11 Å². The van der Waals surface area contributed by atoms with E-state index in [-0.39, 0.29) is 0 Å². The van der Waals surface area contributed by atoms with Gasteiger partial charge in [-0.15, -0.1) is 0 Å². The van der Waals surface area contributed by atoms with Crippen molar-refractivity contribution in [3.8, 4) is 17.2 Å². The predicted octanol–water partition coefficient (Wildman–Crippen LogP) is 4.27. The van der Waals surface area contributed by atoms with Crippen molar-refractivity contribution in [1.82, 2.24) is 0 Å². The van der Waals surface area contributed by atoms with Gasteiger partial charge in [-0.1, -0.05) is 35.0 Å². The first-order valence-corrected chi connectivity index (χ1v) is 7.30. The molecule has 0 spiro atoms. The van der Waals surface area contributed by atoms with Gasteiger partial charge in [0.05, 0.1) is 7.11 Å². The number of rotatable bonds is 5. The fraction of sp³-hybridized carbons (Fsp3) is 0.250. The summed E-state index contributed by atoms with van der Waals surface area (Å²) in [5.74, 6) is 2.19. The molecule has 0 bridgehead atoms. The summed E-state index contributed by atoms with van der Waals surface area (Å²) in [6.07, 6.45) is 0.966. The van der Waals surface area contributed by atoms with Gasteiger partial charge in [-0.3, -0.25) is 0 Å². The van der Waals surface area contributed by atoms with Crippen LogP contribution in [0.3, 0.4) is 0 Å². The average Bonchev–Trinajstić information content (AvgIpc) is 2.48. The lowest BCUT2D eigenvalue weighted by molar-refractivity contribution is 0.378. The zero-order valence-electron chi connectivity index (χ0n) is 11.7. The summed E-state index contributed by atoms with van der Waals surface area (Å²) >= 11 is 3.49. The fourth-order valence-corrected chi connectivity index (χ4v) is 2.42. The molecular formula is C16H18BrNO2. The first-order valence-electron chi connectivity index (χ1n) is 6.51. The van der Waals surface area contributed by atoms with Crippen LogP contribution in [0.1, 0.15) is 18.1 Å². The summed E-state index contributed by atoms with van der Waals surface area (Å²) in [4.78, 5) is 0. The van der Waals surface area contributed by atoms with Crippen molar-refractivity contribution >= 4 is 15.9 Å². The van der Waals surface area contributed by atoms with Crippen molar-refractivity contribution < 1.29 is 9.47 Å². The lowest BCUT2D eigenvalue weighted by Gasteiger charge is -2.12. The molecule has 0 aromatic heterocycles. The SMILES string of the molecule is CCc1ccc(Oc2ccc(CN)c(Br)c2)c(OC)c1. The Balaban J connectivity index is 2.27. The highest BCUT2D eigenvalue weighted by Crippen LogP contribution is 2.34. The number of hydrogen-bond acceptors (Lipinski definition) is 3. The van der Waals surface area contributed by atoms with E-state index in [2.05, 4.69) is 22.9 Å². The second kappa shape index (κ2) is 6.77. The molecule has 0 aliphatic rings. The maximum Gasteiger partial charge on any atom is 0.169 e. The molecule has 0 aliphatic carbocycles. The van der Waals surface area contributed by atoms with E-state index in [4.69, 9.17) is 15.2 Å². The molecule has 4 heteroatoms. The first-order chi connectivity index (χ1) is 9.67. The van der Waals surface area contributed by atoms with Gasteiger partial charge in [0.25, 0.3) is 0 Å². The monoisotopic (exact) mass is 335 g/mol. The van der Waals surface area contributed by atoms with E-state index in [0.717, 1.165) is 28.0 Å². The summed E-state index contributed by atoms with van der Waals surface area (Å²) in [7, 11) is 1.65. The maximum atomic E-state index is 5.88. The molecule has 0 heterocycles. The number of benzene rings is 2. The summed E-state index contributed by atoms with van der Waals surface area (Å²) in [6.45, 7) is 2.60. The van der Waals surface area contributed by atoms with Gasteiger partial charge in [-0.25, -0.2) is 0 Å². The Morgan fingerprint density at radius 2 is 1.90 bits per heavy atom. The zero-order valence-corrected chi connectivity index (χ0v) is 13.2. The summed E-state index contributed by atoms with van der Waals surface area (Å²) in [6, 6.07) is 11.7. The molecule has 2 aromatic rings. The molecule has 3 nitrogen and oxygen atoms in total. The normalized spacial score (nSPS) is 10.4. The Morgan fingerprint density at radius 1 is 1.10 bits per heavy atom. The highest BCUT2D eigenvalue weighted by molar-refractivity contribution is 9.10. The standard InChI is InChI=1S/C16H18BrNO2/c1-3-11-4-7-15(16(8-11)19-2)20-13-6-5-12(10-18)14(17)9-13/h4-9H,3,10,18H2,1-2H3. The molecule has 20 heavy (non-hydrogen) atoms. The van der Waals surface area contributed by atoms with Gasteiger partial charge >= 0.3 is 0 Å². The molecule has 0 saturated carbocycles. The van der Waals surface area contributed by atoms with Crippen LogP contribution in [-0.2, 0) is 13.0 Å². The van der Waals surface area contributed by atoms with Gasteiger partial charge in [-0.05, 0) is 41.8 Å². The number of hydrogen-bond donors (Lipinski definition) is 1. The van der Waals surface area contributed by atoms with Gasteiger partial charge in [0, 0.05) is 11.0 Å². The van der Waals surface area contributed by atoms with Gasteiger partial charge in [0.15, 0.2) is 11.5 Å². The first kappa shape index (κ1) is 14.9. The van der Waals surface area contributed by atoms with Crippen LogP contribution in [0.2, 0.25) is 0 Å². The maximum absolute atomic E-state index is 5.88. The Labute approximate surface area is 127 Å². The zero-order chi connectivity index (χ0) is 14.5. The number of methoxy groups -OCH3 is 1. The third kappa shape index (κ3) is 3.32. The summed E-state index contributed by atoms with van der Waals surface area (Å²) in [5, 5.41) is 0. The van der Waals surface area contributed by atoms with Crippen molar-refractivity contribution in [1.29, 1.82) is 0 Å². The van der Waals surface area contributed by atoms with Crippen LogP contribution in [0.4, 0.5) is 0 Å². The van der Waals surface area contributed by atoms with Crippen molar-refractivity contribution in [2.24, 2.45) is 5.73 Å². The van der Waals surface area contributed by atoms with Crippen LogP contribution in [-0.4, -0.2) is 7.11 Å². The predicted molar refractivity (Wildman–Crippen MR) is 84.5 cm³/mol. The van der Waals surface area contributed by atoms with Gasteiger partial charge < -0.3 is 15.2 Å². The molecule has 0 aliphatic heterocycles. The largest absolute Gasteiger partial charge is 0.493 e. The van der Waals surface area contributed by atoms with Crippen LogP contribution < -0.4 is 15.2 Å². The molecule has 2 N–H and O–H groups in total. The third-order valence-electron chi connectivity index (χ3n) is 3.11. The second-order valence-corrected chi connectivity index (χ2v) is 5.25. The van der Waals surface area contributed by atoms with E-state index in [1.807, 2.05) is 36.4 Å². The van der Waals surface area contributed by atoms with Gasteiger partial charge in [0.2, 0.25) is 0 Å². The number of halogens is 1. The van der Waals surface area contributed by atoms with E-state index < -0.39 is 0 Å². The minimum atomic E-state index is 0.495. The van der Waals surface area contributed by atoms with Crippen LogP contribution in [0.15, 0.2) is 40.9 Å². The van der Waals surface area contributed by atoms with Crippen molar-refractivity contribution in [3.63, 3.8) is 0 Å². The minimum Gasteiger partial charge on any atom is -0.493 e. The highest BCUT2D eigenvalue weighted by atomic mass is 79.9. The third-order valence-corrected chi connectivity index (χ3v) is 3.85. The molecule has 0 saturated heterocycles. The Morgan fingerprint density at radius 3 is 2.50 bits per heavy atom.